The average Bonchev–Trinajstić information content (AvgIpc) is 3.00. The lowest BCUT2D eigenvalue weighted by Crippen LogP contribution is -2.55. The van der Waals surface area contributed by atoms with Gasteiger partial charge in [0.05, 0.1) is 23.0 Å². The number of carbonyl (C=O) groups is 2. The summed E-state index contributed by atoms with van der Waals surface area (Å²) in [4.78, 5) is 31.6. The van der Waals surface area contributed by atoms with Crippen LogP contribution in [0.15, 0.2) is 35.7 Å². The number of likely N-dealkylation sites (N-methyl/N-ethyl adjacent to an activating group) is 1. The number of amides is 2. The van der Waals surface area contributed by atoms with Gasteiger partial charge in [0.25, 0.3) is 5.91 Å². The molecule has 7 nitrogen and oxygen atoms in total. The van der Waals surface area contributed by atoms with E-state index < -0.39 is 46.9 Å². The van der Waals surface area contributed by atoms with Crippen molar-refractivity contribution >= 4 is 34.8 Å². The van der Waals surface area contributed by atoms with Crippen molar-refractivity contribution in [3.05, 3.63) is 46.9 Å². The summed E-state index contributed by atoms with van der Waals surface area (Å²) in [5.41, 5.74) is -3.19. The van der Waals surface area contributed by atoms with Crippen LogP contribution in [-0.2, 0) is 15.8 Å². The Morgan fingerprint density at radius 1 is 1.35 bits per heavy atom. The van der Waals surface area contributed by atoms with E-state index in [-0.39, 0.29) is 16.4 Å². The normalized spacial score (nSPS) is 23.9. The summed E-state index contributed by atoms with van der Waals surface area (Å²) in [5, 5.41) is 11.3. The van der Waals surface area contributed by atoms with Gasteiger partial charge in [-0.05, 0) is 49.7 Å². The molecule has 1 saturated carbocycles. The SMILES string of the molecule is CNC(=O)C1=CC=C(N2C(=S)N(c3cnc(C#N)c(C(F)(F)F)c3)C(=O)C23CCC3)C(C)C1F. The highest BCUT2D eigenvalue weighted by molar-refractivity contribution is 7.80. The molecule has 1 spiro atoms. The van der Waals surface area contributed by atoms with E-state index in [4.69, 9.17) is 17.5 Å². The Hall–Kier alpha value is -3.33. The highest BCUT2D eigenvalue weighted by atomic mass is 32.1. The van der Waals surface area contributed by atoms with E-state index >= 15 is 4.39 Å². The van der Waals surface area contributed by atoms with Crippen LogP contribution in [0.3, 0.4) is 0 Å². The smallest absolute Gasteiger partial charge is 0.355 e. The van der Waals surface area contributed by atoms with Gasteiger partial charge in [0.2, 0.25) is 5.91 Å². The summed E-state index contributed by atoms with van der Waals surface area (Å²) in [7, 11) is 1.39. The fourth-order valence-electron chi connectivity index (χ4n) is 4.55. The van der Waals surface area contributed by atoms with Crippen LogP contribution in [0, 0.1) is 17.2 Å². The number of allylic oxidation sites excluding steroid dienone is 3. The van der Waals surface area contributed by atoms with Crippen LogP contribution < -0.4 is 10.2 Å². The van der Waals surface area contributed by atoms with Gasteiger partial charge in [0.1, 0.15) is 17.8 Å². The first-order valence-corrected chi connectivity index (χ1v) is 10.8. The number of thiocarbonyl (C=S) groups is 1. The lowest BCUT2D eigenvalue weighted by molar-refractivity contribution is -0.138. The molecule has 1 N–H and O–H groups in total. The number of anilines is 1. The van der Waals surface area contributed by atoms with Crippen molar-refractivity contribution in [1.82, 2.24) is 15.2 Å². The molecule has 2 unspecified atom stereocenters. The van der Waals surface area contributed by atoms with Crippen molar-refractivity contribution < 1.29 is 27.2 Å². The maximum atomic E-state index is 15.2. The van der Waals surface area contributed by atoms with E-state index in [0.717, 1.165) is 11.1 Å². The van der Waals surface area contributed by atoms with Crippen LogP contribution in [0.1, 0.15) is 37.4 Å². The number of halogens is 4. The molecule has 2 amide bonds. The summed E-state index contributed by atoms with van der Waals surface area (Å²) in [6, 6.07) is 2.07. The Bertz CT molecular complexity index is 1200. The number of nitrogens with zero attached hydrogens (tertiary/aromatic N) is 4. The van der Waals surface area contributed by atoms with Crippen molar-refractivity contribution in [3.63, 3.8) is 0 Å². The molecule has 1 aliphatic heterocycles. The fourth-order valence-corrected chi connectivity index (χ4v) is 5.02. The number of hydrogen-bond donors (Lipinski definition) is 1. The summed E-state index contributed by atoms with van der Waals surface area (Å²) in [5.74, 6) is -1.95. The number of alkyl halides is 4. The summed E-state index contributed by atoms with van der Waals surface area (Å²) in [6.45, 7) is 1.56. The van der Waals surface area contributed by atoms with Gasteiger partial charge in [-0.3, -0.25) is 14.5 Å². The van der Waals surface area contributed by atoms with Crippen molar-refractivity contribution in [1.29, 1.82) is 5.26 Å². The minimum Gasteiger partial charge on any atom is -0.355 e. The zero-order chi connectivity index (χ0) is 25.0. The Morgan fingerprint density at radius 3 is 2.56 bits per heavy atom. The van der Waals surface area contributed by atoms with Gasteiger partial charge in [0.15, 0.2) is 10.8 Å². The minimum absolute atomic E-state index is 0.0687. The van der Waals surface area contributed by atoms with Gasteiger partial charge in [-0.2, -0.15) is 18.4 Å². The third-order valence-corrected chi connectivity index (χ3v) is 6.88. The molecule has 12 heteroatoms. The number of pyridine rings is 1. The highest BCUT2D eigenvalue weighted by Crippen LogP contribution is 2.50. The molecule has 4 rings (SSSR count). The third-order valence-electron chi connectivity index (χ3n) is 6.52. The Kier molecular flexibility index (Phi) is 5.72. The number of hydrogen-bond acceptors (Lipinski definition) is 5. The molecule has 1 aromatic heterocycles. The maximum absolute atomic E-state index is 15.2. The second-order valence-electron chi connectivity index (χ2n) is 8.33. The second-order valence-corrected chi connectivity index (χ2v) is 8.69. The van der Waals surface area contributed by atoms with E-state index in [1.54, 1.807) is 6.92 Å². The molecular formula is C22H19F4N5O2S. The molecule has 0 radical (unpaired) electrons. The summed E-state index contributed by atoms with van der Waals surface area (Å²) in [6.07, 6.45) is -1.26. The van der Waals surface area contributed by atoms with Gasteiger partial charge >= 0.3 is 6.18 Å². The van der Waals surface area contributed by atoms with E-state index in [2.05, 4.69) is 10.3 Å². The summed E-state index contributed by atoms with van der Waals surface area (Å²) < 4.78 is 55.6. The molecule has 1 aromatic rings. The molecule has 2 atom stereocenters. The molecular weight excluding hydrogens is 474 g/mol. The monoisotopic (exact) mass is 493 g/mol. The largest absolute Gasteiger partial charge is 0.419 e. The molecule has 2 fully saturated rings. The predicted molar refractivity (Wildman–Crippen MR) is 117 cm³/mol. The first kappa shape index (κ1) is 23.8. The number of nitriles is 1. The van der Waals surface area contributed by atoms with Gasteiger partial charge in [-0.25, -0.2) is 9.37 Å². The predicted octanol–water partition coefficient (Wildman–Crippen LogP) is 3.37. The Balaban J connectivity index is 1.80. The van der Waals surface area contributed by atoms with Gasteiger partial charge in [-0.1, -0.05) is 6.92 Å². The Morgan fingerprint density at radius 2 is 2.03 bits per heavy atom. The van der Waals surface area contributed by atoms with Crippen LogP contribution in [0.4, 0.5) is 23.2 Å². The zero-order valence-electron chi connectivity index (χ0n) is 18.1. The Labute approximate surface area is 197 Å². The van der Waals surface area contributed by atoms with Crippen LogP contribution in [0.25, 0.3) is 0 Å². The topological polar surface area (TPSA) is 89.3 Å². The van der Waals surface area contributed by atoms with Crippen molar-refractivity contribution in [2.24, 2.45) is 5.92 Å². The third kappa shape index (κ3) is 3.37. The van der Waals surface area contributed by atoms with E-state index in [0.29, 0.717) is 31.0 Å². The summed E-state index contributed by atoms with van der Waals surface area (Å²) >= 11 is 5.54. The minimum atomic E-state index is -4.87. The van der Waals surface area contributed by atoms with Crippen LogP contribution in [0.5, 0.6) is 0 Å². The zero-order valence-corrected chi connectivity index (χ0v) is 18.9. The van der Waals surface area contributed by atoms with Crippen molar-refractivity contribution in [2.75, 3.05) is 11.9 Å². The molecule has 2 heterocycles. The first-order chi connectivity index (χ1) is 16.0. The van der Waals surface area contributed by atoms with Crippen LogP contribution >= 0.6 is 12.2 Å². The maximum Gasteiger partial charge on any atom is 0.419 e. The average molecular weight is 493 g/mol. The van der Waals surface area contributed by atoms with Crippen molar-refractivity contribution in [3.8, 4) is 6.07 Å². The van der Waals surface area contributed by atoms with Crippen LogP contribution in [0.2, 0.25) is 0 Å². The number of nitrogens with one attached hydrogen (secondary N) is 1. The van der Waals surface area contributed by atoms with E-state index in [1.807, 2.05) is 0 Å². The quantitative estimate of drug-likeness (QED) is 0.513. The molecule has 3 aliphatic rings. The molecule has 178 valence electrons. The van der Waals surface area contributed by atoms with Crippen molar-refractivity contribution in [2.45, 2.75) is 44.1 Å². The number of rotatable bonds is 3. The molecule has 2 aliphatic carbocycles. The second kappa shape index (κ2) is 8.16. The lowest BCUT2D eigenvalue weighted by Gasteiger charge is -2.46. The standard InChI is InChI=1S/C22H19F4N5O2S/c1-11-16(5-4-13(17(11)23)18(32)28-2)31-20(34)30(19(33)21(31)6-3-7-21)12-8-14(22(24,25)26)15(9-27)29-10-12/h4-5,8,10-11,17H,3,6-7H2,1-2H3,(H,28,32). The number of aromatic nitrogens is 1. The van der Waals surface area contributed by atoms with E-state index in [9.17, 15) is 22.8 Å². The van der Waals surface area contributed by atoms with E-state index in [1.165, 1.54) is 30.2 Å². The van der Waals surface area contributed by atoms with Gasteiger partial charge in [0, 0.05) is 18.7 Å². The molecule has 34 heavy (non-hydrogen) atoms. The molecule has 0 bridgehead atoms. The molecule has 0 aromatic carbocycles. The first-order valence-electron chi connectivity index (χ1n) is 10.4. The molecule has 1 saturated heterocycles. The fraction of sp³-hybridized carbons (Fsp3) is 0.409. The van der Waals surface area contributed by atoms with Gasteiger partial charge < -0.3 is 10.2 Å². The van der Waals surface area contributed by atoms with Gasteiger partial charge in [-0.15, -0.1) is 0 Å². The lowest BCUT2D eigenvalue weighted by atomic mass is 9.74. The van der Waals surface area contributed by atoms with Crippen LogP contribution in [-0.4, -0.2) is 45.6 Å². The highest BCUT2D eigenvalue weighted by Gasteiger charge is 2.61. The number of carbonyl (C=O) groups excluding carboxylic acids is 2.